The largest absolute Gasteiger partial charge is 0.459 e. The molecule has 1 atom stereocenters. The number of hydrogen-bond acceptors (Lipinski definition) is 5. The highest BCUT2D eigenvalue weighted by atomic mass is 35.5. The zero-order valence-corrected chi connectivity index (χ0v) is 17.3. The van der Waals surface area contributed by atoms with Crippen molar-refractivity contribution in [1.82, 2.24) is 20.7 Å². The molecule has 8 heteroatoms. The Hall–Kier alpha value is -3.06. The van der Waals surface area contributed by atoms with Crippen molar-refractivity contribution < 1.29 is 13.7 Å². The molecule has 0 saturated carbocycles. The van der Waals surface area contributed by atoms with Crippen LogP contribution in [0.15, 0.2) is 33.2 Å². The lowest BCUT2D eigenvalue weighted by atomic mass is 10.0. The molecule has 1 unspecified atom stereocenters. The molecule has 29 heavy (non-hydrogen) atoms. The van der Waals surface area contributed by atoms with Crippen molar-refractivity contribution in [3.8, 4) is 0 Å². The molecule has 1 aromatic carbocycles. The van der Waals surface area contributed by atoms with E-state index in [1.54, 1.807) is 13.0 Å². The number of nitrogens with zero attached hydrogens (tertiary/aromatic N) is 2. The van der Waals surface area contributed by atoms with Gasteiger partial charge in [0.1, 0.15) is 17.1 Å². The van der Waals surface area contributed by atoms with E-state index in [9.17, 15) is 4.79 Å². The first-order valence-electron chi connectivity index (χ1n) is 9.29. The van der Waals surface area contributed by atoms with Gasteiger partial charge in [0.05, 0.1) is 11.7 Å². The highest BCUT2D eigenvalue weighted by molar-refractivity contribution is 6.31. The molecule has 4 aromatic rings. The van der Waals surface area contributed by atoms with Gasteiger partial charge in [0, 0.05) is 33.7 Å². The molecule has 0 aliphatic heterocycles. The van der Waals surface area contributed by atoms with Crippen LogP contribution in [0.1, 0.15) is 57.5 Å². The van der Waals surface area contributed by atoms with Crippen LogP contribution in [0.25, 0.3) is 11.0 Å². The number of amides is 1. The lowest BCUT2D eigenvalue weighted by Gasteiger charge is -2.11. The average molecular weight is 413 g/mol. The van der Waals surface area contributed by atoms with E-state index in [4.69, 9.17) is 20.5 Å². The van der Waals surface area contributed by atoms with Crippen LogP contribution in [0.5, 0.6) is 0 Å². The maximum Gasteiger partial charge on any atom is 0.274 e. The monoisotopic (exact) mass is 412 g/mol. The van der Waals surface area contributed by atoms with Crippen molar-refractivity contribution in [2.75, 3.05) is 0 Å². The van der Waals surface area contributed by atoms with Crippen LogP contribution < -0.4 is 5.32 Å². The summed E-state index contributed by atoms with van der Waals surface area (Å²) in [4.78, 5) is 12.9. The molecule has 2 N–H and O–H groups in total. The van der Waals surface area contributed by atoms with Gasteiger partial charge in [-0.2, -0.15) is 5.10 Å². The molecule has 3 heterocycles. The fourth-order valence-corrected chi connectivity index (χ4v) is 3.55. The predicted molar refractivity (Wildman–Crippen MR) is 109 cm³/mol. The number of halogens is 1. The van der Waals surface area contributed by atoms with Crippen LogP contribution >= 0.6 is 11.6 Å². The Morgan fingerprint density at radius 2 is 2.03 bits per heavy atom. The number of fused-ring (bicyclic) bond motifs is 1. The van der Waals surface area contributed by atoms with Crippen molar-refractivity contribution in [2.45, 2.75) is 40.2 Å². The first-order chi connectivity index (χ1) is 13.8. The minimum Gasteiger partial charge on any atom is -0.459 e. The minimum absolute atomic E-state index is 0.272. The molecule has 150 valence electrons. The van der Waals surface area contributed by atoms with Crippen molar-refractivity contribution in [1.29, 1.82) is 0 Å². The molecule has 4 rings (SSSR count). The van der Waals surface area contributed by atoms with Gasteiger partial charge in [-0.1, -0.05) is 16.8 Å². The molecular weight excluding hydrogens is 392 g/mol. The van der Waals surface area contributed by atoms with Gasteiger partial charge in [0.2, 0.25) is 0 Å². The smallest absolute Gasteiger partial charge is 0.274 e. The van der Waals surface area contributed by atoms with Crippen molar-refractivity contribution in [2.24, 2.45) is 0 Å². The van der Waals surface area contributed by atoms with Crippen LogP contribution in [-0.2, 0) is 6.42 Å². The van der Waals surface area contributed by atoms with Crippen LogP contribution in [0.2, 0.25) is 5.02 Å². The van der Waals surface area contributed by atoms with E-state index in [1.807, 2.05) is 39.0 Å². The summed E-state index contributed by atoms with van der Waals surface area (Å²) < 4.78 is 11.2. The lowest BCUT2D eigenvalue weighted by molar-refractivity contribution is 0.0926. The molecule has 7 nitrogen and oxygen atoms in total. The topological polar surface area (TPSA) is 97.0 Å². The number of rotatable bonds is 5. The Kier molecular flexibility index (Phi) is 4.92. The number of carbonyl (C=O) groups excluding carboxylic acids is 1. The number of aromatic nitrogens is 3. The number of carbonyl (C=O) groups is 1. The zero-order chi connectivity index (χ0) is 20.7. The van der Waals surface area contributed by atoms with E-state index in [0.717, 1.165) is 33.5 Å². The Balaban J connectivity index is 1.56. The second kappa shape index (κ2) is 7.40. The van der Waals surface area contributed by atoms with Crippen molar-refractivity contribution in [3.63, 3.8) is 0 Å². The van der Waals surface area contributed by atoms with E-state index in [0.29, 0.717) is 23.0 Å². The molecule has 3 aromatic heterocycles. The summed E-state index contributed by atoms with van der Waals surface area (Å²) in [6.07, 6.45) is 0.518. The van der Waals surface area contributed by atoms with E-state index >= 15 is 0 Å². The van der Waals surface area contributed by atoms with Crippen LogP contribution in [0.3, 0.4) is 0 Å². The van der Waals surface area contributed by atoms with Gasteiger partial charge < -0.3 is 14.3 Å². The molecule has 1 amide bonds. The summed E-state index contributed by atoms with van der Waals surface area (Å²) in [5.41, 5.74) is 4.63. The third-order valence-electron chi connectivity index (χ3n) is 5.11. The van der Waals surface area contributed by atoms with Gasteiger partial charge in [-0.25, -0.2) is 0 Å². The van der Waals surface area contributed by atoms with E-state index in [1.165, 1.54) is 0 Å². The third kappa shape index (κ3) is 3.65. The van der Waals surface area contributed by atoms with Crippen LogP contribution in [-0.4, -0.2) is 21.3 Å². The van der Waals surface area contributed by atoms with Crippen LogP contribution in [0, 0.1) is 20.8 Å². The second-order valence-corrected chi connectivity index (χ2v) is 7.62. The predicted octanol–water partition coefficient (Wildman–Crippen LogP) is 4.80. The summed E-state index contributed by atoms with van der Waals surface area (Å²) in [5.74, 6) is 0.932. The molecule has 0 saturated heterocycles. The number of hydrogen-bond donors (Lipinski definition) is 2. The van der Waals surface area contributed by atoms with Gasteiger partial charge in [-0.3, -0.25) is 9.89 Å². The summed E-state index contributed by atoms with van der Waals surface area (Å²) in [6, 6.07) is 6.93. The quantitative estimate of drug-likeness (QED) is 0.490. The summed E-state index contributed by atoms with van der Waals surface area (Å²) in [7, 11) is 0. The Morgan fingerprint density at radius 1 is 1.24 bits per heavy atom. The maximum atomic E-state index is 12.9. The van der Waals surface area contributed by atoms with Crippen LogP contribution in [0.4, 0.5) is 0 Å². The fraction of sp³-hybridized carbons (Fsp3) is 0.286. The Bertz CT molecular complexity index is 1180. The maximum absolute atomic E-state index is 12.9. The Labute approximate surface area is 172 Å². The molecular formula is C21H21ClN4O3. The fourth-order valence-electron chi connectivity index (χ4n) is 3.37. The summed E-state index contributed by atoms with van der Waals surface area (Å²) in [5, 5.41) is 15.6. The van der Waals surface area contributed by atoms with Crippen molar-refractivity contribution >= 4 is 28.5 Å². The van der Waals surface area contributed by atoms with E-state index in [-0.39, 0.29) is 17.6 Å². The minimum atomic E-state index is -0.351. The highest BCUT2D eigenvalue weighted by Gasteiger charge is 2.24. The zero-order valence-electron chi connectivity index (χ0n) is 16.6. The SMILES string of the molecule is Cc1n[nH]c(C)c1Cc1c(C(=O)NC(C)c2cc3cc(Cl)ccc3o2)noc1C. The lowest BCUT2D eigenvalue weighted by Crippen LogP contribution is -2.27. The highest BCUT2D eigenvalue weighted by Crippen LogP contribution is 2.27. The molecule has 0 spiro atoms. The normalized spacial score (nSPS) is 12.4. The van der Waals surface area contributed by atoms with E-state index in [2.05, 4.69) is 20.7 Å². The summed E-state index contributed by atoms with van der Waals surface area (Å²) in [6.45, 7) is 7.54. The average Bonchev–Trinajstić information content (AvgIpc) is 3.35. The second-order valence-electron chi connectivity index (χ2n) is 7.18. The van der Waals surface area contributed by atoms with E-state index < -0.39 is 0 Å². The third-order valence-corrected chi connectivity index (χ3v) is 5.34. The summed E-state index contributed by atoms with van der Waals surface area (Å²) >= 11 is 6.04. The molecule has 0 fully saturated rings. The van der Waals surface area contributed by atoms with Gasteiger partial charge in [-0.05, 0) is 52.0 Å². The standard InChI is InChI=1S/C21H21ClN4O3/c1-10-16(11(2)25-24-10)9-17-13(4)29-26-20(17)21(27)23-12(3)19-8-14-7-15(22)5-6-18(14)28-19/h5-8,12H,9H2,1-4H3,(H,23,27)(H,24,25). The molecule has 0 bridgehead atoms. The number of aryl methyl sites for hydroxylation is 3. The first-order valence-corrected chi connectivity index (χ1v) is 9.66. The van der Waals surface area contributed by atoms with Gasteiger partial charge >= 0.3 is 0 Å². The number of aromatic amines is 1. The molecule has 0 aliphatic carbocycles. The van der Waals surface area contributed by atoms with Gasteiger partial charge in [0.25, 0.3) is 5.91 Å². The Morgan fingerprint density at radius 3 is 2.76 bits per heavy atom. The number of benzene rings is 1. The van der Waals surface area contributed by atoms with Gasteiger partial charge in [0.15, 0.2) is 5.69 Å². The first kappa shape index (κ1) is 19.3. The van der Waals surface area contributed by atoms with Crippen molar-refractivity contribution in [3.05, 3.63) is 69.0 Å². The number of H-pyrrole nitrogens is 1. The number of nitrogens with one attached hydrogen (secondary N) is 2. The van der Waals surface area contributed by atoms with Gasteiger partial charge in [-0.15, -0.1) is 0 Å². The molecule has 0 radical (unpaired) electrons. The number of furan rings is 1. The molecule has 0 aliphatic rings.